The lowest BCUT2D eigenvalue weighted by molar-refractivity contribution is -0.137. The van der Waals surface area contributed by atoms with Crippen molar-refractivity contribution in [2.45, 2.75) is 12.7 Å². The molecule has 2 aromatic carbocycles. The third-order valence-electron chi connectivity index (χ3n) is 5.30. The number of benzene rings is 2. The van der Waals surface area contributed by atoms with Gasteiger partial charge in [-0.3, -0.25) is 4.79 Å². The fourth-order valence-corrected chi connectivity index (χ4v) is 3.90. The molecule has 1 saturated heterocycles. The van der Waals surface area contributed by atoms with E-state index in [9.17, 15) is 18.0 Å². The minimum Gasteiger partial charge on any atom is -0.368 e. The van der Waals surface area contributed by atoms with Crippen molar-refractivity contribution in [3.05, 3.63) is 87.3 Å². The number of anilines is 2. The van der Waals surface area contributed by atoms with E-state index in [2.05, 4.69) is 5.10 Å². The summed E-state index contributed by atoms with van der Waals surface area (Å²) in [6.45, 7) is 2.36. The first-order chi connectivity index (χ1) is 14.8. The van der Waals surface area contributed by atoms with Crippen LogP contribution in [0.4, 0.5) is 24.5 Å². The van der Waals surface area contributed by atoms with Gasteiger partial charge in [-0.15, -0.1) is 0 Å². The van der Waals surface area contributed by atoms with Gasteiger partial charge in [0.05, 0.1) is 24.0 Å². The summed E-state index contributed by atoms with van der Waals surface area (Å²) >= 11 is 6.37. The van der Waals surface area contributed by atoms with Crippen LogP contribution in [0.1, 0.15) is 11.1 Å². The zero-order valence-corrected chi connectivity index (χ0v) is 17.3. The maximum Gasteiger partial charge on any atom is 0.416 e. The second-order valence-corrected chi connectivity index (χ2v) is 7.69. The van der Waals surface area contributed by atoms with Gasteiger partial charge in [-0.1, -0.05) is 48.0 Å². The SMILES string of the molecule is O=c1c(Cl)c(N2CCN(c3cccc(C(F)(F)F)c3)CC2)cnn1Cc1ccccc1. The molecule has 0 spiro atoms. The summed E-state index contributed by atoms with van der Waals surface area (Å²) < 4.78 is 40.3. The van der Waals surface area contributed by atoms with E-state index in [0.717, 1.165) is 17.7 Å². The van der Waals surface area contributed by atoms with Crippen LogP contribution in [-0.2, 0) is 12.7 Å². The second-order valence-electron chi connectivity index (χ2n) is 7.31. The third-order valence-corrected chi connectivity index (χ3v) is 5.66. The molecule has 0 amide bonds. The first-order valence-electron chi connectivity index (χ1n) is 9.79. The van der Waals surface area contributed by atoms with Gasteiger partial charge in [0.25, 0.3) is 5.56 Å². The molecular weight excluding hydrogens is 429 g/mol. The van der Waals surface area contributed by atoms with Crippen LogP contribution < -0.4 is 15.4 Å². The lowest BCUT2D eigenvalue weighted by Crippen LogP contribution is -2.47. The van der Waals surface area contributed by atoms with E-state index in [4.69, 9.17) is 11.6 Å². The van der Waals surface area contributed by atoms with E-state index in [-0.39, 0.29) is 10.6 Å². The van der Waals surface area contributed by atoms with Crippen molar-refractivity contribution in [1.29, 1.82) is 0 Å². The molecule has 3 aromatic rings. The van der Waals surface area contributed by atoms with Gasteiger partial charge in [0.15, 0.2) is 0 Å². The van der Waals surface area contributed by atoms with Crippen molar-refractivity contribution < 1.29 is 13.2 Å². The van der Waals surface area contributed by atoms with Crippen LogP contribution >= 0.6 is 11.6 Å². The Morgan fingerprint density at radius 3 is 2.29 bits per heavy atom. The fourth-order valence-electron chi connectivity index (χ4n) is 3.63. The van der Waals surface area contributed by atoms with Gasteiger partial charge in [-0.25, -0.2) is 4.68 Å². The molecule has 0 atom stereocenters. The van der Waals surface area contributed by atoms with Gasteiger partial charge in [0.2, 0.25) is 0 Å². The average Bonchev–Trinajstić information content (AvgIpc) is 2.77. The molecule has 0 aliphatic carbocycles. The van der Waals surface area contributed by atoms with Crippen LogP contribution in [0, 0.1) is 0 Å². The van der Waals surface area contributed by atoms with Crippen molar-refractivity contribution in [2.24, 2.45) is 0 Å². The van der Waals surface area contributed by atoms with E-state index in [1.54, 1.807) is 12.3 Å². The Hall–Kier alpha value is -3.00. The highest BCUT2D eigenvalue weighted by Crippen LogP contribution is 2.32. The molecule has 4 rings (SSSR count). The zero-order valence-electron chi connectivity index (χ0n) is 16.5. The number of hydrogen-bond acceptors (Lipinski definition) is 4. The van der Waals surface area contributed by atoms with E-state index in [1.165, 1.54) is 10.7 Å². The third kappa shape index (κ3) is 4.69. The molecular formula is C22H20ClF3N4O. The van der Waals surface area contributed by atoms with Crippen molar-refractivity contribution in [3.63, 3.8) is 0 Å². The molecule has 31 heavy (non-hydrogen) atoms. The number of nitrogens with zero attached hydrogens (tertiary/aromatic N) is 4. The van der Waals surface area contributed by atoms with Crippen molar-refractivity contribution in [2.75, 3.05) is 36.0 Å². The van der Waals surface area contributed by atoms with Crippen molar-refractivity contribution in [3.8, 4) is 0 Å². The van der Waals surface area contributed by atoms with E-state index >= 15 is 0 Å². The summed E-state index contributed by atoms with van der Waals surface area (Å²) in [5.41, 5.74) is 0.970. The van der Waals surface area contributed by atoms with Crippen LogP contribution in [0.5, 0.6) is 0 Å². The van der Waals surface area contributed by atoms with Crippen LogP contribution in [0.3, 0.4) is 0 Å². The molecule has 0 N–H and O–H groups in total. The number of piperazine rings is 1. The highest BCUT2D eigenvalue weighted by Gasteiger charge is 2.31. The summed E-state index contributed by atoms with van der Waals surface area (Å²) in [6, 6.07) is 14.8. The molecule has 0 saturated carbocycles. The molecule has 1 aliphatic heterocycles. The number of halogens is 4. The summed E-state index contributed by atoms with van der Waals surface area (Å²) in [5.74, 6) is 0. The van der Waals surface area contributed by atoms with Gasteiger partial charge < -0.3 is 9.80 Å². The molecule has 1 aliphatic rings. The number of hydrogen-bond donors (Lipinski definition) is 0. The Kier molecular flexibility index (Phi) is 5.91. The molecule has 1 fully saturated rings. The molecule has 162 valence electrons. The Labute approximate surface area is 182 Å². The molecule has 1 aromatic heterocycles. The second kappa shape index (κ2) is 8.63. The largest absolute Gasteiger partial charge is 0.416 e. The molecule has 2 heterocycles. The maximum atomic E-state index is 13.0. The highest BCUT2D eigenvalue weighted by atomic mass is 35.5. The Bertz CT molecular complexity index is 1110. The first kappa shape index (κ1) is 21.2. The number of alkyl halides is 3. The zero-order chi connectivity index (χ0) is 22.0. The van der Waals surface area contributed by atoms with Gasteiger partial charge in [0.1, 0.15) is 5.02 Å². The lowest BCUT2D eigenvalue weighted by Gasteiger charge is -2.37. The molecule has 0 bridgehead atoms. The number of aromatic nitrogens is 2. The number of rotatable bonds is 4. The highest BCUT2D eigenvalue weighted by molar-refractivity contribution is 6.33. The average molecular weight is 449 g/mol. The first-order valence-corrected chi connectivity index (χ1v) is 10.2. The maximum absolute atomic E-state index is 13.0. The summed E-state index contributed by atoms with van der Waals surface area (Å²) in [7, 11) is 0. The minimum atomic E-state index is -4.37. The fraction of sp³-hybridized carbons (Fsp3) is 0.273. The van der Waals surface area contributed by atoms with Crippen LogP contribution in [0.15, 0.2) is 65.6 Å². The topological polar surface area (TPSA) is 41.4 Å². The predicted octanol–water partition coefficient (Wildman–Crippen LogP) is 4.29. The van der Waals surface area contributed by atoms with Gasteiger partial charge in [-0.2, -0.15) is 18.3 Å². The van der Waals surface area contributed by atoms with Crippen molar-refractivity contribution >= 4 is 23.0 Å². The Morgan fingerprint density at radius 1 is 0.935 bits per heavy atom. The molecule has 5 nitrogen and oxygen atoms in total. The van der Waals surface area contributed by atoms with E-state index in [0.29, 0.717) is 44.1 Å². The molecule has 0 unspecified atom stereocenters. The normalized spacial score (nSPS) is 14.7. The van der Waals surface area contributed by atoms with Crippen molar-refractivity contribution in [1.82, 2.24) is 9.78 Å². The lowest BCUT2D eigenvalue weighted by atomic mass is 10.1. The smallest absolute Gasteiger partial charge is 0.368 e. The van der Waals surface area contributed by atoms with E-state index < -0.39 is 11.7 Å². The van der Waals surface area contributed by atoms with Crippen LogP contribution in [-0.4, -0.2) is 36.0 Å². The van der Waals surface area contributed by atoms with Crippen LogP contribution in [0.2, 0.25) is 5.02 Å². The Morgan fingerprint density at radius 2 is 1.61 bits per heavy atom. The van der Waals surface area contributed by atoms with Gasteiger partial charge in [-0.05, 0) is 23.8 Å². The summed E-state index contributed by atoms with van der Waals surface area (Å²) in [5, 5.41) is 4.36. The minimum absolute atomic E-state index is 0.0958. The molecule has 0 radical (unpaired) electrons. The summed E-state index contributed by atoms with van der Waals surface area (Å²) in [4.78, 5) is 16.5. The Balaban J connectivity index is 1.47. The summed E-state index contributed by atoms with van der Waals surface area (Å²) in [6.07, 6.45) is -2.80. The monoisotopic (exact) mass is 448 g/mol. The van der Waals surface area contributed by atoms with E-state index in [1.807, 2.05) is 40.1 Å². The van der Waals surface area contributed by atoms with Crippen LogP contribution in [0.25, 0.3) is 0 Å². The molecule has 9 heteroatoms. The van der Waals surface area contributed by atoms with Gasteiger partial charge in [0, 0.05) is 31.9 Å². The predicted molar refractivity (Wildman–Crippen MR) is 115 cm³/mol. The quantitative estimate of drug-likeness (QED) is 0.597. The van der Waals surface area contributed by atoms with Gasteiger partial charge >= 0.3 is 6.18 Å². The standard InChI is InChI=1S/C22H20ClF3N4O/c23-20-19(14-27-30(21(20)31)15-16-5-2-1-3-6-16)29-11-9-28(10-12-29)18-8-4-7-17(13-18)22(24,25)26/h1-8,13-14H,9-12,15H2.